The maximum Gasteiger partial charge on any atom is 0.261 e. The molecule has 0 aliphatic carbocycles. The molecule has 1 atom stereocenters. The molecule has 0 unspecified atom stereocenters. The highest BCUT2D eigenvalue weighted by Gasteiger charge is 2.50. The third kappa shape index (κ3) is 5.48. The second kappa shape index (κ2) is 10.8. The average Bonchev–Trinajstić information content (AvgIpc) is 2.82. The Kier molecular flexibility index (Phi) is 8.33. The van der Waals surface area contributed by atoms with Gasteiger partial charge in [0.15, 0.2) is 0 Å². The summed E-state index contributed by atoms with van der Waals surface area (Å²) in [5, 5.41) is 4.23. The molecule has 0 aliphatic rings. The lowest BCUT2D eigenvalue weighted by Gasteiger charge is -2.43. The molecule has 174 valence electrons. The van der Waals surface area contributed by atoms with E-state index >= 15 is 0 Å². The zero-order valence-electron chi connectivity index (χ0n) is 21.2. The van der Waals surface area contributed by atoms with Crippen LogP contribution in [0.5, 0.6) is 0 Å². The summed E-state index contributed by atoms with van der Waals surface area (Å²) in [7, 11) is -4.17. The van der Waals surface area contributed by atoms with Gasteiger partial charge in [0.1, 0.15) is 0 Å². The quantitative estimate of drug-likeness (QED) is 0.255. The van der Waals surface area contributed by atoms with Crippen molar-refractivity contribution in [3.63, 3.8) is 0 Å². The van der Waals surface area contributed by atoms with Crippen LogP contribution in [0.1, 0.15) is 34.1 Å². The van der Waals surface area contributed by atoms with Gasteiger partial charge < -0.3 is 4.43 Å². The summed E-state index contributed by atoms with van der Waals surface area (Å²) < 4.78 is 7.20. The van der Waals surface area contributed by atoms with Gasteiger partial charge in [-0.2, -0.15) is 0 Å². The first-order valence-electron chi connectivity index (χ1n) is 12.2. The lowest BCUT2D eigenvalue weighted by Crippen LogP contribution is -2.66. The van der Waals surface area contributed by atoms with E-state index in [-0.39, 0.29) is 5.04 Å². The van der Waals surface area contributed by atoms with Crippen LogP contribution in [0.2, 0.25) is 23.7 Å². The maximum absolute atomic E-state index is 7.20. The van der Waals surface area contributed by atoms with Crippen molar-refractivity contribution in [1.29, 1.82) is 0 Å². The number of hydrogen-bond acceptors (Lipinski definition) is 1. The average molecular weight is 473 g/mol. The lowest BCUT2D eigenvalue weighted by molar-refractivity contribution is 0.292. The zero-order valence-corrected chi connectivity index (χ0v) is 23.2. The molecule has 1 nitrogen and oxygen atoms in total. The Morgan fingerprint density at radius 1 is 0.727 bits per heavy atom. The van der Waals surface area contributed by atoms with Crippen molar-refractivity contribution in [2.75, 3.05) is 6.61 Å². The predicted octanol–water partition coefficient (Wildman–Crippen LogP) is 6.52. The van der Waals surface area contributed by atoms with Gasteiger partial charge >= 0.3 is 0 Å². The third-order valence-corrected chi connectivity index (χ3v) is 16.2. The molecule has 0 fully saturated rings. The lowest BCUT2D eigenvalue weighted by atomic mass is 10.2. The van der Waals surface area contributed by atoms with Gasteiger partial charge in [-0.05, 0) is 34.3 Å². The van der Waals surface area contributed by atoms with Gasteiger partial charge in [-0.1, -0.05) is 142 Å². The fourth-order valence-electron chi connectivity index (χ4n) is 5.11. The topological polar surface area (TPSA) is 9.23 Å². The van der Waals surface area contributed by atoms with Crippen LogP contribution in [-0.2, 0) is 4.43 Å². The van der Waals surface area contributed by atoms with E-state index in [4.69, 9.17) is 4.43 Å². The Bertz CT molecular complexity index is 966. The first kappa shape index (κ1) is 25.4. The highest BCUT2D eigenvalue weighted by atomic mass is 28.4. The highest BCUT2D eigenvalue weighted by molar-refractivity contribution is 6.99. The molecule has 0 amide bonds. The van der Waals surface area contributed by atoms with Gasteiger partial charge in [0, 0.05) is 6.61 Å². The second-order valence-electron chi connectivity index (χ2n) is 10.5. The Labute approximate surface area is 203 Å². The van der Waals surface area contributed by atoms with Gasteiger partial charge in [-0.3, -0.25) is 0 Å². The van der Waals surface area contributed by atoms with E-state index in [0.717, 1.165) is 13.0 Å². The van der Waals surface area contributed by atoms with E-state index in [1.807, 2.05) is 0 Å². The van der Waals surface area contributed by atoms with Crippen LogP contribution < -0.4 is 15.6 Å². The first-order valence-corrected chi connectivity index (χ1v) is 17.2. The van der Waals surface area contributed by atoms with E-state index in [1.165, 1.54) is 15.6 Å². The number of rotatable bonds is 9. The van der Waals surface area contributed by atoms with E-state index < -0.39 is 16.4 Å². The van der Waals surface area contributed by atoms with Gasteiger partial charge in [0.05, 0.1) is 8.07 Å². The van der Waals surface area contributed by atoms with E-state index in [2.05, 4.69) is 144 Å². The molecule has 0 N–H and O–H groups in total. The molecule has 0 bridgehead atoms. The zero-order chi connectivity index (χ0) is 24.0. The number of hydrogen-bond donors (Lipinski definition) is 0. The monoisotopic (exact) mass is 472 g/mol. The number of allylic oxidation sites excluding steroid dienone is 2. The third-order valence-electron chi connectivity index (χ3n) is 7.03. The smallest absolute Gasteiger partial charge is 0.261 e. The second-order valence-corrected chi connectivity index (χ2v) is 19.6. The molecule has 3 aromatic carbocycles. The minimum absolute atomic E-state index is 0.0121. The maximum atomic E-state index is 7.20. The van der Waals surface area contributed by atoms with Crippen LogP contribution >= 0.6 is 0 Å². The van der Waals surface area contributed by atoms with Crippen molar-refractivity contribution in [2.45, 2.75) is 57.8 Å². The summed E-state index contributed by atoms with van der Waals surface area (Å²) in [6, 6.07) is 33.0. The fraction of sp³-hybridized carbons (Fsp3) is 0.333. The fourth-order valence-corrected chi connectivity index (χ4v) is 12.7. The SMILES string of the molecule is C/C=C\[C@H](CCO[Si](c1ccccc1)(c1ccccc1)C(C)(C)C)[Si](C)(C)c1ccccc1. The molecule has 0 aromatic heterocycles. The van der Waals surface area contributed by atoms with Gasteiger partial charge in [-0.15, -0.1) is 0 Å². The van der Waals surface area contributed by atoms with E-state index in [9.17, 15) is 0 Å². The van der Waals surface area contributed by atoms with Crippen LogP contribution in [0.4, 0.5) is 0 Å². The van der Waals surface area contributed by atoms with Crippen molar-refractivity contribution < 1.29 is 4.43 Å². The van der Waals surface area contributed by atoms with Crippen molar-refractivity contribution in [1.82, 2.24) is 0 Å². The molecule has 0 radical (unpaired) electrons. The van der Waals surface area contributed by atoms with Gasteiger partial charge in [0.2, 0.25) is 0 Å². The molecule has 3 heteroatoms. The van der Waals surface area contributed by atoms with E-state index in [0.29, 0.717) is 5.54 Å². The van der Waals surface area contributed by atoms with Crippen LogP contribution in [0, 0.1) is 0 Å². The minimum Gasteiger partial charge on any atom is -0.407 e. The van der Waals surface area contributed by atoms with Crippen molar-refractivity contribution >= 4 is 32.0 Å². The molecule has 0 saturated carbocycles. The van der Waals surface area contributed by atoms with Crippen LogP contribution in [-0.4, -0.2) is 23.0 Å². The van der Waals surface area contributed by atoms with Crippen LogP contribution in [0.3, 0.4) is 0 Å². The molecule has 3 rings (SSSR count). The molecule has 3 aromatic rings. The molecule has 0 spiro atoms. The highest BCUT2D eigenvalue weighted by Crippen LogP contribution is 2.37. The summed E-state index contributed by atoms with van der Waals surface area (Å²) in [4.78, 5) is 0. The number of benzene rings is 3. The summed E-state index contributed by atoms with van der Waals surface area (Å²) in [6.45, 7) is 15.0. The summed E-state index contributed by atoms with van der Waals surface area (Å²) in [5.41, 5.74) is 0.531. The van der Waals surface area contributed by atoms with Gasteiger partial charge in [-0.25, -0.2) is 0 Å². The first-order chi connectivity index (χ1) is 15.7. The molecule has 33 heavy (non-hydrogen) atoms. The molecule has 0 aliphatic heterocycles. The molecule has 0 saturated heterocycles. The summed E-state index contributed by atoms with van der Waals surface area (Å²) in [5.74, 6) is 0. The van der Waals surface area contributed by atoms with Crippen molar-refractivity contribution in [3.05, 3.63) is 103 Å². The van der Waals surface area contributed by atoms with E-state index in [1.54, 1.807) is 0 Å². The normalized spacial score (nSPS) is 13.9. The predicted molar refractivity (Wildman–Crippen MR) is 150 cm³/mol. The standard InChI is InChI=1S/C30H40OSi2/c1-7-17-26(32(5,6)27-18-11-8-12-19-27)24-25-31-33(30(2,3)4,28-20-13-9-14-21-28)29-22-15-10-16-23-29/h7-23,26H,24-25H2,1-6H3/b17-7-/t26-/m1/s1. The summed E-state index contributed by atoms with van der Waals surface area (Å²) >= 11 is 0. The Hall–Kier alpha value is -2.21. The minimum atomic E-state index is -2.49. The van der Waals surface area contributed by atoms with Crippen LogP contribution in [0.15, 0.2) is 103 Å². The van der Waals surface area contributed by atoms with Crippen molar-refractivity contribution in [2.24, 2.45) is 0 Å². The van der Waals surface area contributed by atoms with Gasteiger partial charge in [0.25, 0.3) is 8.32 Å². The largest absolute Gasteiger partial charge is 0.407 e. The molecular formula is C30H40OSi2. The molecule has 0 heterocycles. The Morgan fingerprint density at radius 2 is 1.15 bits per heavy atom. The van der Waals surface area contributed by atoms with Crippen LogP contribution in [0.25, 0.3) is 0 Å². The Morgan fingerprint density at radius 3 is 1.55 bits per heavy atom. The molecular weight excluding hydrogens is 433 g/mol. The Balaban J connectivity index is 1.96. The van der Waals surface area contributed by atoms with Crippen molar-refractivity contribution in [3.8, 4) is 0 Å². The summed E-state index contributed by atoms with van der Waals surface area (Å²) in [6.07, 6.45) is 5.70.